The molecule has 0 radical (unpaired) electrons. The number of anilines is 3. The smallest absolute Gasteiger partial charge is 0.239 e. The molecule has 1 aromatic carbocycles. The van der Waals surface area contributed by atoms with Crippen LogP contribution in [-0.2, 0) is 0 Å². The van der Waals surface area contributed by atoms with Crippen LogP contribution in [0.15, 0.2) is 34.8 Å². The summed E-state index contributed by atoms with van der Waals surface area (Å²) in [4.78, 5) is 4.34. The van der Waals surface area contributed by atoms with Crippen molar-refractivity contribution in [2.45, 2.75) is 26.4 Å². The van der Waals surface area contributed by atoms with Crippen molar-refractivity contribution in [1.29, 1.82) is 0 Å². The van der Waals surface area contributed by atoms with Gasteiger partial charge in [0.05, 0.1) is 11.4 Å². The quantitative estimate of drug-likeness (QED) is 0.853. The van der Waals surface area contributed by atoms with E-state index in [4.69, 9.17) is 10.5 Å². The molecular weight excluding hydrogens is 337 g/mol. The van der Waals surface area contributed by atoms with E-state index in [0.29, 0.717) is 27.5 Å². The molecule has 6 heteroatoms. The Hall–Kier alpha value is -1.82. The fourth-order valence-electron chi connectivity index (χ4n) is 1.62. The molecule has 0 aliphatic heterocycles. The third kappa shape index (κ3) is 4.32. The van der Waals surface area contributed by atoms with Crippen LogP contribution in [0.4, 0.5) is 21.6 Å². The number of halogens is 2. The van der Waals surface area contributed by atoms with Gasteiger partial charge in [-0.05, 0) is 67.0 Å². The Morgan fingerprint density at radius 3 is 2.57 bits per heavy atom. The minimum absolute atomic E-state index is 0.311. The minimum Gasteiger partial charge on any atom is -0.470 e. The summed E-state index contributed by atoms with van der Waals surface area (Å²) in [6.07, 6.45) is 0. The highest BCUT2D eigenvalue weighted by Crippen LogP contribution is 2.29. The maximum Gasteiger partial charge on any atom is 0.239 e. The first-order valence-electron chi connectivity index (χ1n) is 6.42. The van der Waals surface area contributed by atoms with E-state index in [0.717, 1.165) is 0 Å². The predicted octanol–water partition coefficient (Wildman–Crippen LogP) is 4.49. The number of ether oxygens (including phenoxy) is 1. The first kappa shape index (κ1) is 15.6. The van der Waals surface area contributed by atoms with Gasteiger partial charge in [0.15, 0.2) is 0 Å². The summed E-state index contributed by atoms with van der Waals surface area (Å²) in [5.41, 5.74) is 6.64. The largest absolute Gasteiger partial charge is 0.470 e. The van der Waals surface area contributed by atoms with E-state index in [-0.39, 0.29) is 5.82 Å². The zero-order valence-electron chi connectivity index (χ0n) is 12.1. The average Bonchev–Trinajstić information content (AvgIpc) is 2.35. The zero-order chi connectivity index (χ0) is 15.6. The number of benzene rings is 1. The van der Waals surface area contributed by atoms with Gasteiger partial charge in [-0.15, -0.1) is 0 Å². The lowest BCUT2D eigenvalue weighted by atomic mass is 10.2. The molecule has 0 spiro atoms. The highest BCUT2D eigenvalue weighted by Gasteiger charge is 2.15. The molecular formula is C15H17BrFN3O. The molecule has 1 heterocycles. The molecule has 0 amide bonds. The summed E-state index contributed by atoms with van der Waals surface area (Å²) < 4.78 is 19.4. The zero-order valence-corrected chi connectivity index (χ0v) is 13.7. The highest BCUT2D eigenvalue weighted by molar-refractivity contribution is 9.10. The molecule has 2 aromatic rings. The van der Waals surface area contributed by atoms with Crippen LogP contribution in [0.1, 0.15) is 20.8 Å². The second-order valence-electron chi connectivity index (χ2n) is 5.55. The Labute approximate surface area is 131 Å². The van der Waals surface area contributed by atoms with E-state index in [9.17, 15) is 4.39 Å². The van der Waals surface area contributed by atoms with Gasteiger partial charge < -0.3 is 15.8 Å². The Morgan fingerprint density at radius 2 is 1.95 bits per heavy atom. The SMILES string of the molecule is CC(C)(C)Oc1nc(Nc2ccc(F)cc2Br)ccc1N. The van der Waals surface area contributed by atoms with Crippen molar-refractivity contribution in [2.24, 2.45) is 0 Å². The molecule has 112 valence electrons. The number of nitrogens with two attached hydrogens (primary N) is 1. The molecule has 0 saturated heterocycles. The molecule has 0 aliphatic rings. The van der Waals surface area contributed by atoms with E-state index >= 15 is 0 Å². The molecule has 3 N–H and O–H groups in total. The lowest BCUT2D eigenvalue weighted by Gasteiger charge is -2.21. The van der Waals surface area contributed by atoms with Crippen LogP contribution in [0.25, 0.3) is 0 Å². The summed E-state index contributed by atoms with van der Waals surface area (Å²) >= 11 is 3.30. The molecule has 0 atom stereocenters. The van der Waals surface area contributed by atoms with Gasteiger partial charge in [0.1, 0.15) is 17.2 Å². The first-order valence-corrected chi connectivity index (χ1v) is 7.21. The standard InChI is InChI=1S/C15H17BrFN3O/c1-15(2,3)21-14-11(18)5-7-13(20-14)19-12-6-4-9(17)8-10(12)16/h4-8H,18H2,1-3H3,(H,19,20). The fourth-order valence-corrected chi connectivity index (χ4v) is 2.07. The number of nitrogens with one attached hydrogen (secondary N) is 1. The van der Waals surface area contributed by atoms with Gasteiger partial charge in [0.2, 0.25) is 5.88 Å². The molecule has 21 heavy (non-hydrogen) atoms. The molecule has 4 nitrogen and oxygen atoms in total. The van der Waals surface area contributed by atoms with Crippen LogP contribution in [0.2, 0.25) is 0 Å². The highest BCUT2D eigenvalue weighted by atomic mass is 79.9. The van der Waals surface area contributed by atoms with Crippen molar-refractivity contribution in [3.05, 3.63) is 40.6 Å². The van der Waals surface area contributed by atoms with Crippen molar-refractivity contribution >= 4 is 33.1 Å². The van der Waals surface area contributed by atoms with Gasteiger partial charge in [-0.25, -0.2) is 4.39 Å². The summed E-state index contributed by atoms with van der Waals surface area (Å²) in [6.45, 7) is 5.76. The van der Waals surface area contributed by atoms with Crippen molar-refractivity contribution in [3.63, 3.8) is 0 Å². The van der Waals surface area contributed by atoms with E-state index in [1.807, 2.05) is 20.8 Å². The van der Waals surface area contributed by atoms with Crippen LogP contribution in [0, 0.1) is 5.82 Å². The fraction of sp³-hybridized carbons (Fsp3) is 0.267. The lowest BCUT2D eigenvalue weighted by Crippen LogP contribution is -2.24. The third-order valence-electron chi connectivity index (χ3n) is 2.49. The lowest BCUT2D eigenvalue weighted by molar-refractivity contribution is 0.125. The van der Waals surface area contributed by atoms with Gasteiger partial charge in [-0.2, -0.15) is 4.98 Å². The molecule has 0 saturated carbocycles. The van der Waals surface area contributed by atoms with Crippen LogP contribution in [0.3, 0.4) is 0 Å². The van der Waals surface area contributed by atoms with Crippen LogP contribution in [-0.4, -0.2) is 10.6 Å². The van der Waals surface area contributed by atoms with Crippen molar-refractivity contribution < 1.29 is 9.13 Å². The molecule has 0 bridgehead atoms. The second kappa shape index (κ2) is 5.89. The summed E-state index contributed by atoms with van der Waals surface area (Å²) in [7, 11) is 0. The van der Waals surface area contributed by atoms with Crippen molar-refractivity contribution in [3.8, 4) is 5.88 Å². The number of nitrogens with zero attached hydrogens (tertiary/aromatic N) is 1. The van der Waals surface area contributed by atoms with Gasteiger partial charge in [-0.1, -0.05) is 0 Å². The monoisotopic (exact) mass is 353 g/mol. The number of hydrogen-bond acceptors (Lipinski definition) is 4. The molecule has 1 aromatic heterocycles. The maximum absolute atomic E-state index is 13.1. The van der Waals surface area contributed by atoms with Gasteiger partial charge in [-0.3, -0.25) is 0 Å². The van der Waals surface area contributed by atoms with Gasteiger partial charge >= 0.3 is 0 Å². The predicted molar refractivity (Wildman–Crippen MR) is 86.4 cm³/mol. The maximum atomic E-state index is 13.1. The number of aromatic nitrogens is 1. The summed E-state index contributed by atoms with van der Waals surface area (Å²) in [6, 6.07) is 7.83. The number of nitrogen functional groups attached to an aromatic ring is 1. The van der Waals surface area contributed by atoms with E-state index in [2.05, 4.69) is 26.2 Å². The normalized spacial score (nSPS) is 11.3. The van der Waals surface area contributed by atoms with Crippen LogP contribution >= 0.6 is 15.9 Å². The molecule has 0 unspecified atom stereocenters. The van der Waals surface area contributed by atoms with Crippen LogP contribution < -0.4 is 15.8 Å². The summed E-state index contributed by atoms with van der Waals surface area (Å²) in [5.74, 6) is 0.621. The third-order valence-corrected chi connectivity index (χ3v) is 3.14. The van der Waals surface area contributed by atoms with Crippen molar-refractivity contribution in [2.75, 3.05) is 11.1 Å². The Kier molecular flexibility index (Phi) is 4.37. The number of hydrogen-bond donors (Lipinski definition) is 2. The van der Waals surface area contributed by atoms with E-state index in [1.54, 1.807) is 18.2 Å². The van der Waals surface area contributed by atoms with Crippen LogP contribution in [0.5, 0.6) is 5.88 Å². The first-order chi connectivity index (χ1) is 9.74. The Bertz CT molecular complexity index is 656. The van der Waals surface area contributed by atoms with Crippen molar-refractivity contribution in [1.82, 2.24) is 4.98 Å². The van der Waals surface area contributed by atoms with Gasteiger partial charge in [0, 0.05) is 4.47 Å². The van der Waals surface area contributed by atoms with E-state index in [1.165, 1.54) is 12.1 Å². The minimum atomic E-state index is -0.393. The summed E-state index contributed by atoms with van der Waals surface area (Å²) in [5, 5.41) is 3.09. The second-order valence-corrected chi connectivity index (χ2v) is 6.41. The Balaban J connectivity index is 2.26. The topological polar surface area (TPSA) is 60.2 Å². The number of pyridine rings is 1. The Morgan fingerprint density at radius 1 is 1.24 bits per heavy atom. The number of rotatable bonds is 3. The molecule has 0 fully saturated rings. The van der Waals surface area contributed by atoms with Gasteiger partial charge in [0.25, 0.3) is 0 Å². The average molecular weight is 354 g/mol. The molecule has 2 rings (SSSR count). The molecule has 0 aliphatic carbocycles. The van der Waals surface area contributed by atoms with E-state index < -0.39 is 5.60 Å².